The van der Waals surface area contributed by atoms with E-state index in [0.29, 0.717) is 12.8 Å². The molecule has 0 radical (unpaired) electrons. The number of aliphatic imine (C=N–C) groups is 1. The normalized spacial score (nSPS) is 34.8. The minimum Gasteiger partial charge on any atom is -0.380 e. The van der Waals surface area contributed by atoms with Gasteiger partial charge >= 0.3 is 0 Å². The van der Waals surface area contributed by atoms with E-state index in [-0.39, 0.29) is 23.2 Å². The highest BCUT2D eigenvalue weighted by molar-refractivity contribution is 5.86. The van der Waals surface area contributed by atoms with Gasteiger partial charge in [0.2, 0.25) is 5.91 Å². The van der Waals surface area contributed by atoms with Gasteiger partial charge in [-0.15, -0.1) is 0 Å². The summed E-state index contributed by atoms with van der Waals surface area (Å²) >= 11 is 0. The summed E-state index contributed by atoms with van der Waals surface area (Å²) < 4.78 is 18.7. The van der Waals surface area contributed by atoms with Gasteiger partial charge in [0.1, 0.15) is 6.17 Å². The zero-order valence-electron chi connectivity index (χ0n) is 11.9. The number of nitrogens with zero attached hydrogens (tertiary/aromatic N) is 1. The second-order valence-corrected chi connectivity index (χ2v) is 6.50. The largest absolute Gasteiger partial charge is 0.380 e. The molecular formula is C15H24FNO2. The second kappa shape index (κ2) is 6.12. The van der Waals surface area contributed by atoms with Crippen molar-refractivity contribution in [1.82, 2.24) is 0 Å². The van der Waals surface area contributed by atoms with Crippen LogP contribution in [0.5, 0.6) is 0 Å². The molecule has 0 spiro atoms. The molecule has 0 aromatic heterocycles. The fraction of sp³-hybridized carbons (Fsp3) is 0.867. The number of ether oxygens (including phenoxy) is 1. The molecule has 2 fully saturated rings. The number of carbonyl (C=O) groups is 1. The molecule has 1 heterocycles. The number of carbonyl (C=O) groups excluding carboxylic acids is 1. The summed E-state index contributed by atoms with van der Waals surface area (Å²) in [5.41, 5.74) is 0.159. The van der Waals surface area contributed by atoms with Gasteiger partial charge < -0.3 is 4.74 Å². The summed E-state index contributed by atoms with van der Waals surface area (Å²) in [6.45, 7) is 5.56. The first kappa shape index (κ1) is 14.6. The van der Waals surface area contributed by atoms with E-state index in [2.05, 4.69) is 11.9 Å². The summed E-state index contributed by atoms with van der Waals surface area (Å²) in [5.74, 6) is -0.0668. The van der Waals surface area contributed by atoms with Crippen molar-refractivity contribution >= 4 is 12.1 Å². The molecule has 19 heavy (non-hydrogen) atoms. The van der Waals surface area contributed by atoms with Crippen LogP contribution in [-0.2, 0) is 9.53 Å². The highest BCUT2D eigenvalue weighted by Crippen LogP contribution is 2.31. The first-order valence-electron chi connectivity index (χ1n) is 7.28. The predicted molar refractivity (Wildman–Crippen MR) is 73.1 cm³/mol. The maximum atomic E-state index is 13.6. The van der Waals surface area contributed by atoms with Crippen molar-refractivity contribution in [3.8, 4) is 0 Å². The van der Waals surface area contributed by atoms with Crippen LogP contribution in [0.3, 0.4) is 0 Å². The molecular weight excluding hydrogens is 245 g/mol. The summed E-state index contributed by atoms with van der Waals surface area (Å²) in [6, 6.07) is 0. The molecule has 3 atom stereocenters. The van der Waals surface area contributed by atoms with Crippen molar-refractivity contribution in [2.24, 2.45) is 22.2 Å². The quantitative estimate of drug-likeness (QED) is 0.583. The summed E-state index contributed by atoms with van der Waals surface area (Å²) in [6.07, 6.45) is 4.46. The highest BCUT2D eigenvalue weighted by atomic mass is 19.1. The number of hydrogen-bond donors (Lipinski definition) is 0. The molecule has 3 unspecified atom stereocenters. The standard InChI is InChI=1S/C15H24FNO2/c1-11-3-4-12(5-6-13(11)16)14(18)17-8-7-15(2)9-19-10-15/h8,11-13H,3-7,9-10H2,1-2H3. The van der Waals surface area contributed by atoms with E-state index in [1.54, 1.807) is 6.21 Å². The van der Waals surface area contributed by atoms with Crippen LogP contribution in [0.25, 0.3) is 0 Å². The Bertz CT molecular complexity index is 340. The average Bonchev–Trinajstić information content (AvgIpc) is 2.51. The minimum absolute atomic E-state index is 0.0647. The average molecular weight is 269 g/mol. The Labute approximate surface area is 114 Å². The van der Waals surface area contributed by atoms with Crippen molar-refractivity contribution in [2.45, 2.75) is 52.1 Å². The first-order valence-corrected chi connectivity index (χ1v) is 7.28. The Morgan fingerprint density at radius 1 is 1.37 bits per heavy atom. The molecule has 0 bridgehead atoms. The Hall–Kier alpha value is -0.770. The SMILES string of the molecule is CC1CCC(C(=O)N=CCC2(C)COC2)CCC1F. The molecule has 4 heteroatoms. The first-order chi connectivity index (χ1) is 9.00. The lowest BCUT2D eigenvalue weighted by Gasteiger charge is -2.36. The van der Waals surface area contributed by atoms with Crippen LogP contribution >= 0.6 is 0 Å². The van der Waals surface area contributed by atoms with Crippen LogP contribution in [0.4, 0.5) is 4.39 Å². The molecule has 1 amide bonds. The fourth-order valence-corrected chi connectivity index (χ4v) is 2.71. The molecule has 1 saturated carbocycles. The third kappa shape index (κ3) is 3.85. The van der Waals surface area contributed by atoms with Crippen molar-refractivity contribution in [3.63, 3.8) is 0 Å². The fourth-order valence-electron chi connectivity index (χ4n) is 2.71. The van der Waals surface area contributed by atoms with Crippen molar-refractivity contribution in [3.05, 3.63) is 0 Å². The zero-order chi connectivity index (χ0) is 13.9. The summed E-state index contributed by atoms with van der Waals surface area (Å²) in [4.78, 5) is 16.1. The smallest absolute Gasteiger partial charge is 0.248 e. The van der Waals surface area contributed by atoms with Crippen LogP contribution in [0.2, 0.25) is 0 Å². The van der Waals surface area contributed by atoms with Gasteiger partial charge in [-0.3, -0.25) is 4.79 Å². The van der Waals surface area contributed by atoms with Crippen molar-refractivity contribution in [1.29, 1.82) is 0 Å². The van der Waals surface area contributed by atoms with Gasteiger partial charge in [0, 0.05) is 17.5 Å². The minimum atomic E-state index is -0.757. The van der Waals surface area contributed by atoms with E-state index < -0.39 is 6.17 Å². The van der Waals surface area contributed by atoms with Crippen molar-refractivity contribution in [2.75, 3.05) is 13.2 Å². The molecule has 2 rings (SSSR count). The molecule has 0 aromatic rings. The Morgan fingerprint density at radius 3 is 2.68 bits per heavy atom. The maximum Gasteiger partial charge on any atom is 0.248 e. The number of rotatable bonds is 3. The van der Waals surface area contributed by atoms with Gasteiger partial charge in [-0.25, -0.2) is 9.38 Å². The summed E-state index contributed by atoms with van der Waals surface area (Å²) in [5, 5.41) is 0. The van der Waals surface area contributed by atoms with Gasteiger partial charge in [-0.05, 0) is 38.0 Å². The van der Waals surface area contributed by atoms with E-state index in [1.807, 2.05) is 6.92 Å². The maximum absolute atomic E-state index is 13.6. The van der Waals surface area contributed by atoms with E-state index in [1.165, 1.54) is 0 Å². The lowest BCUT2D eigenvalue weighted by atomic mass is 9.85. The number of halogens is 1. The molecule has 1 aliphatic carbocycles. The van der Waals surface area contributed by atoms with Crippen LogP contribution < -0.4 is 0 Å². The topological polar surface area (TPSA) is 38.7 Å². The molecule has 0 N–H and O–H groups in total. The van der Waals surface area contributed by atoms with Gasteiger partial charge in [0.25, 0.3) is 0 Å². The Morgan fingerprint density at radius 2 is 2.05 bits per heavy atom. The van der Waals surface area contributed by atoms with Gasteiger partial charge in [-0.1, -0.05) is 13.8 Å². The summed E-state index contributed by atoms with van der Waals surface area (Å²) in [7, 11) is 0. The Kier molecular flexibility index (Phi) is 4.71. The van der Waals surface area contributed by atoms with Crippen LogP contribution in [0.1, 0.15) is 46.0 Å². The van der Waals surface area contributed by atoms with Gasteiger partial charge in [-0.2, -0.15) is 0 Å². The molecule has 3 nitrogen and oxygen atoms in total. The molecule has 0 aromatic carbocycles. The Balaban J connectivity index is 1.80. The van der Waals surface area contributed by atoms with Crippen molar-refractivity contribution < 1.29 is 13.9 Å². The molecule has 2 aliphatic rings. The van der Waals surface area contributed by atoms with Crippen LogP contribution in [0, 0.1) is 17.3 Å². The highest BCUT2D eigenvalue weighted by Gasteiger charge is 2.32. The second-order valence-electron chi connectivity index (χ2n) is 6.50. The number of amides is 1. The van der Waals surface area contributed by atoms with E-state index in [0.717, 1.165) is 32.5 Å². The monoisotopic (exact) mass is 269 g/mol. The van der Waals surface area contributed by atoms with E-state index in [9.17, 15) is 9.18 Å². The third-order valence-corrected chi connectivity index (χ3v) is 4.43. The third-order valence-electron chi connectivity index (χ3n) is 4.43. The van der Waals surface area contributed by atoms with Gasteiger partial charge in [0.15, 0.2) is 0 Å². The molecule has 1 aliphatic heterocycles. The van der Waals surface area contributed by atoms with E-state index >= 15 is 0 Å². The lowest BCUT2D eigenvalue weighted by molar-refractivity contribution is -0.122. The van der Waals surface area contributed by atoms with Gasteiger partial charge in [0.05, 0.1) is 13.2 Å². The van der Waals surface area contributed by atoms with E-state index in [4.69, 9.17) is 4.74 Å². The lowest BCUT2D eigenvalue weighted by Crippen LogP contribution is -2.39. The molecule has 108 valence electrons. The predicted octanol–water partition coefficient (Wildman–Crippen LogP) is 3.17. The van der Waals surface area contributed by atoms with Crippen LogP contribution in [-0.4, -0.2) is 31.5 Å². The zero-order valence-corrected chi connectivity index (χ0v) is 11.9. The number of alkyl halides is 1. The van der Waals surface area contributed by atoms with Crippen LogP contribution in [0.15, 0.2) is 4.99 Å². The molecule has 1 saturated heterocycles. The number of hydrogen-bond acceptors (Lipinski definition) is 2.